The van der Waals surface area contributed by atoms with Gasteiger partial charge in [-0.1, -0.05) is 0 Å². The lowest BCUT2D eigenvalue weighted by Gasteiger charge is -2.10. The second kappa shape index (κ2) is 6.13. The number of H-pyrrole nitrogens is 1. The van der Waals surface area contributed by atoms with Crippen LogP contribution in [0, 0.1) is 5.82 Å². The van der Waals surface area contributed by atoms with Gasteiger partial charge < -0.3 is 0 Å². The second-order valence-corrected chi connectivity index (χ2v) is 6.46. The van der Waals surface area contributed by atoms with E-state index in [9.17, 15) is 17.6 Å². The van der Waals surface area contributed by atoms with Gasteiger partial charge in [0.05, 0.1) is 11.7 Å². The highest BCUT2D eigenvalue weighted by Crippen LogP contribution is 2.33. The van der Waals surface area contributed by atoms with Gasteiger partial charge in [-0.15, -0.1) is 0 Å². The number of rotatable bonds is 2. The molecule has 0 amide bonds. The molecule has 9 heteroatoms. The fourth-order valence-corrected chi connectivity index (χ4v) is 3.22. The van der Waals surface area contributed by atoms with Crippen LogP contribution < -0.4 is 0 Å². The minimum Gasteiger partial charge on any atom is -0.278 e. The first-order valence-electron chi connectivity index (χ1n) is 8.56. The number of aromatic amines is 1. The predicted octanol–water partition coefficient (Wildman–Crippen LogP) is 5.12. The zero-order valence-electron chi connectivity index (χ0n) is 14.6. The van der Waals surface area contributed by atoms with E-state index < -0.39 is 17.7 Å². The number of alkyl halides is 3. The highest BCUT2D eigenvalue weighted by atomic mass is 19.4. The summed E-state index contributed by atoms with van der Waals surface area (Å²) in [6.07, 6.45) is -2.97. The van der Waals surface area contributed by atoms with Crippen LogP contribution >= 0.6 is 0 Å². The third-order valence-electron chi connectivity index (χ3n) is 4.58. The molecule has 0 unspecified atom stereocenters. The van der Waals surface area contributed by atoms with Crippen molar-refractivity contribution in [2.24, 2.45) is 0 Å². The number of pyridine rings is 1. The first kappa shape index (κ1) is 17.4. The number of nitrogens with zero attached hydrogens (tertiary/aromatic N) is 4. The highest BCUT2D eigenvalue weighted by Gasteiger charge is 2.33. The zero-order chi connectivity index (χ0) is 20.2. The van der Waals surface area contributed by atoms with Crippen molar-refractivity contribution in [2.45, 2.75) is 6.18 Å². The van der Waals surface area contributed by atoms with Gasteiger partial charge in [0.2, 0.25) is 0 Å². The summed E-state index contributed by atoms with van der Waals surface area (Å²) in [5.74, 6) is -0.0663. The third-order valence-corrected chi connectivity index (χ3v) is 4.58. The summed E-state index contributed by atoms with van der Waals surface area (Å²) in [6, 6.07) is 13.0. The lowest BCUT2D eigenvalue weighted by atomic mass is 10.2. The Morgan fingerprint density at radius 3 is 2.45 bits per heavy atom. The molecule has 0 aliphatic carbocycles. The Bertz CT molecular complexity index is 1350. The molecule has 5 rings (SSSR count). The predicted molar refractivity (Wildman–Crippen MR) is 98.9 cm³/mol. The smallest absolute Gasteiger partial charge is 0.278 e. The quantitative estimate of drug-likeness (QED) is 0.421. The average Bonchev–Trinajstić information content (AvgIpc) is 3.31. The number of aromatic nitrogens is 5. The number of hydrogen-bond acceptors (Lipinski definition) is 3. The maximum absolute atomic E-state index is 13.4. The summed E-state index contributed by atoms with van der Waals surface area (Å²) in [6.45, 7) is 0. The molecule has 144 valence electrons. The van der Waals surface area contributed by atoms with E-state index >= 15 is 0 Å². The minimum atomic E-state index is -4.59. The monoisotopic (exact) mass is 397 g/mol. The third kappa shape index (κ3) is 2.91. The summed E-state index contributed by atoms with van der Waals surface area (Å²) in [4.78, 5) is 8.30. The zero-order valence-corrected chi connectivity index (χ0v) is 14.6. The number of halogens is 4. The Morgan fingerprint density at radius 1 is 0.897 bits per heavy atom. The van der Waals surface area contributed by atoms with Crippen molar-refractivity contribution in [1.82, 2.24) is 24.7 Å². The van der Waals surface area contributed by atoms with Gasteiger partial charge in [-0.3, -0.25) is 9.67 Å². The summed E-state index contributed by atoms with van der Waals surface area (Å²) >= 11 is 0. The normalized spacial score (nSPS) is 12.1. The van der Waals surface area contributed by atoms with E-state index in [4.69, 9.17) is 0 Å². The van der Waals surface area contributed by atoms with Crippen molar-refractivity contribution in [3.63, 3.8) is 0 Å². The van der Waals surface area contributed by atoms with Crippen LogP contribution in [-0.4, -0.2) is 24.7 Å². The van der Waals surface area contributed by atoms with Gasteiger partial charge in [-0.2, -0.15) is 18.3 Å². The number of benzene rings is 2. The molecule has 0 spiro atoms. The summed E-state index contributed by atoms with van der Waals surface area (Å²) in [5.41, 5.74) is 1.23. The van der Waals surface area contributed by atoms with Gasteiger partial charge in [0.1, 0.15) is 22.9 Å². The molecule has 0 bridgehead atoms. The van der Waals surface area contributed by atoms with E-state index in [1.54, 1.807) is 24.4 Å². The molecule has 0 aliphatic rings. The van der Waals surface area contributed by atoms with Crippen LogP contribution in [0.4, 0.5) is 17.6 Å². The molecule has 0 radical (unpaired) electrons. The minimum absolute atomic E-state index is 0.0574. The van der Waals surface area contributed by atoms with Crippen LogP contribution in [0.25, 0.3) is 39.1 Å². The number of nitrogens with one attached hydrogen (secondary N) is 1. The maximum atomic E-state index is 13.4. The Kier molecular flexibility index (Phi) is 3.67. The van der Waals surface area contributed by atoms with E-state index in [1.807, 2.05) is 0 Å². The molecule has 0 saturated heterocycles. The highest BCUT2D eigenvalue weighted by molar-refractivity contribution is 5.84. The molecule has 5 aromatic rings. The summed E-state index contributed by atoms with van der Waals surface area (Å²) < 4.78 is 54.6. The van der Waals surface area contributed by atoms with Crippen LogP contribution in [0.2, 0.25) is 0 Å². The molecule has 3 aromatic heterocycles. The number of hydrogen-bond donors (Lipinski definition) is 1. The Hall–Kier alpha value is -3.75. The molecule has 3 heterocycles. The molecule has 2 aromatic carbocycles. The van der Waals surface area contributed by atoms with Crippen molar-refractivity contribution in [1.29, 1.82) is 0 Å². The molecule has 0 fully saturated rings. The van der Waals surface area contributed by atoms with E-state index in [2.05, 4.69) is 20.2 Å². The Morgan fingerprint density at radius 2 is 1.69 bits per heavy atom. The van der Waals surface area contributed by atoms with Crippen LogP contribution in [0.1, 0.15) is 5.69 Å². The van der Waals surface area contributed by atoms with Gasteiger partial charge in [0, 0.05) is 16.6 Å². The molecular weight excluding hydrogens is 386 g/mol. The summed E-state index contributed by atoms with van der Waals surface area (Å²) in [7, 11) is 0. The van der Waals surface area contributed by atoms with E-state index in [1.165, 1.54) is 34.9 Å². The number of fused-ring (bicyclic) bond motifs is 2. The van der Waals surface area contributed by atoms with Crippen molar-refractivity contribution >= 4 is 22.1 Å². The molecule has 0 atom stereocenters. The van der Waals surface area contributed by atoms with Crippen LogP contribution in [0.5, 0.6) is 0 Å². The van der Waals surface area contributed by atoms with Gasteiger partial charge in [-0.05, 0) is 54.6 Å². The van der Waals surface area contributed by atoms with Crippen LogP contribution in [-0.2, 0) is 6.18 Å². The van der Waals surface area contributed by atoms with Crippen molar-refractivity contribution in [2.75, 3.05) is 0 Å². The lowest BCUT2D eigenvalue weighted by molar-refractivity contribution is -0.141. The average molecular weight is 397 g/mol. The molecule has 0 saturated carbocycles. The summed E-state index contributed by atoms with van der Waals surface area (Å²) in [5, 5.41) is 7.58. The van der Waals surface area contributed by atoms with Crippen molar-refractivity contribution in [3.05, 3.63) is 72.3 Å². The van der Waals surface area contributed by atoms with E-state index in [0.717, 1.165) is 17.0 Å². The second-order valence-electron chi connectivity index (χ2n) is 6.46. The molecular formula is C20H11F4N5. The number of imidazole rings is 1. The topological polar surface area (TPSA) is 59.4 Å². The Balaban J connectivity index is 1.83. The molecule has 0 aliphatic heterocycles. The first-order chi connectivity index (χ1) is 13.9. The molecule has 5 nitrogen and oxygen atoms in total. The fraction of sp³-hybridized carbons (Fsp3) is 0.0500. The standard InChI is InChI=1S/C20H11F4N5/c21-13-3-1-11(2-4-13)18-26-16-7-8-17(20(22,23)24)27-19(16)29(18)14-5-6-15-12(9-14)10-25-28-15/h1-10H,(H,25,28). The fourth-order valence-electron chi connectivity index (χ4n) is 3.22. The van der Waals surface area contributed by atoms with Gasteiger partial charge in [0.25, 0.3) is 0 Å². The van der Waals surface area contributed by atoms with Gasteiger partial charge in [0.15, 0.2) is 5.65 Å². The van der Waals surface area contributed by atoms with E-state index in [0.29, 0.717) is 22.6 Å². The molecule has 1 N–H and O–H groups in total. The van der Waals surface area contributed by atoms with Crippen molar-refractivity contribution < 1.29 is 17.6 Å². The SMILES string of the molecule is Fc1ccc(-c2nc3ccc(C(F)(F)F)nc3n2-c2ccc3[nH]ncc3c2)cc1. The lowest BCUT2D eigenvalue weighted by Crippen LogP contribution is -2.08. The first-order valence-corrected chi connectivity index (χ1v) is 8.56. The Labute approximate surface area is 160 Å². The van der Waals surface area contributed by atoms with Crippen LogP contribution in [0.15, 0.2) is 60.8 Å². The van der Waals surface area contributed by atoms with Gasteiger partial charge >= 0.3 is 6.18 Å². The van der Waals surface area contributed by atoms with Crippen LogP contribution in [0.3, 0.4) is 0 Å². The van der Waals surface area contributed by atoms with E-state index in [-0.39, 0.29) is 5.65 Å². The van der Waals surface area contributed by atoms with Gasteiger partial charge in [-0.25, -0.2) is 14.4 Å². The molecule has 29 heavy (non-hydrogen) atoms. The van der Waals surface area contributed by atoms with Crippen molar-refractivity contribution in [3.8, 4) is 17.1 Å². The maximum Gasteiger partial charge on any atom is 0.433 e. The largest absolute Gasteiger partial charge is 0.433 e.